The largest absolute Gasteiger partial charge is 0.380 e. The lowest BCUT2D eigenvalue weighted by Crippen LogP contribution is -2.24. The maximum atomic E-state index is 13.4. The average Bonchev–Trinajstić information content (AvgIpc) is 2.38. The Kier molecular flexibility index (Phi) is 7.69. The van der Waals surface area contributed by atoms with Crippen molar-refractivity contribution in [1.82, 2.24) is 5.32 Å². The van der Waals surface area contributed by atoms with Gasteiger partial charge >= 0.3 is 0 Å². The lowest BCUT2D eigenvalue weighted by Gasteiger charge is -2.17. The van der Waals surface area contributed by atoms with Crippen LogP contribution in [0.2, 0.25) is 10.0 Å². The lowest BCUT2D eigenvalue weighted by atomic mass is 10.1. The van der Waals surface area contributed by atoms with Crippen LogP contribution in [0.5, 0.6) is 0 Å². The summed E-state index contributed by atoms with van der Waals surface area (Å²) in [5, 5.41) is 3.78. The summed E-state index contributed by atoms with van der Waals surface area (Å²) in [5.41, 5.74) is 0.594. The second kappa shape index (κ2) is 8.75. The SMILES string of the molecule is CCCCOCCNC(C)c1c(Cl)ccc(F)c1Cl. The standard InChI is InChI=1S/C14H20Cl2FNO/c1-3-4-8-19-9-7-18-10(2)13-11(15)5-6-12(17)14(13)16/h5-6,10,18H,3-4,7-9H2,1-2H3. The Hall–Kier alpha value is -0.350. The Morgan fingerprint density at radius 1 is 1.32 bits per heavy atom. The number of halogens is 3. The number of rotatable bonds is 8. The van der Waals surface area contributed by atoms with Crippen molar-refractivity contribution in [2.75, 3.05) is 19.8 Å². The van der Waals surface area contributed by atoms with E-state index in [-0.39, 0.29) is 11.1 Å². The van der Waals surface area contributed by atoms with Gasteiger partial charge in [-0.2, -0.15) is 0 Å². The van der Waals surface area contributed by atoms with Gasteiger partial charge in [0.1, 0.15) is 5.82 Å². The third-order valence-electron chi connectivity index (χ3n) is 2.85. The smallest absolute Gasteiger partial charge is 0.142 e. The van der Waals surface area contributed by atoms with Gasteiger partial charge in [-0.1, -0.05) is 36.5 Å². The predicted molar refractivity (Wildman–Crippen MR) is 78.6 cm³/mol. The number of hydrogen-bond donors (Lipinski definition) is 1. The number of hydrogen-bond acceptors (Lipinski definition) is 2. The number of benzene rings is 1. The molecule has 1 rings (SSSR count). The molecule has 0 spiro atoms. The maximum Gasteiger partial charge on any atom is 0.142 e. The van der Waals surface area contributed by atoms with Crippen molar-refractivity contribution >= 4 is 23.2 Å². The molecule has 0 saturated heterocycles. The van der Waals surface area contributed by atoms with Gasteiger partial charge in [0.25, 0.3) is 0 Å². The summed E-state index contributed by atoms with van der Waals surface area (Å²) >= 11 is 12.0. The maximum absolute atomic E-state index is 13.4. The van der Waals surface area contributed by atoms with Crippen molar-refractivity contribution in [2.24, 2.45) is 0 Å². The number of unbranched alkanes of at least 4 members (excludes halogenated alkanes) is 1. The first-order valence-electron chi connectivity index (χ1n) is 6.52. The topological polar surface area (TPSA) is 21.3 Å². The zero-order valence-electron chi connectivity index (χ0n) is 11.3. The van der Waals surface area contributed by atoms with Crippen molar-refractivity contribution in [2.45, 2.75) is 32.7 Å². The van der Waals surface area contributed by atoms with Gasteiger partial charge in [-0.25, -0.2) is 4.39 Å². The second-order valence-corrected chi connectivity index (χ2v) is 5.18. The van der Waals surface area contributed by atoms with E-state index in [1.165, 1.54) is 12.1 Å². The van der Waals surface area contributed by atoms with Crippen LogP contribution in [0.4, 0.5) is 4.39 Å². The molecule has 0 bridgehead atoms. The minimum atomic E-state index is -0.450. The molecule has 0 amide bonds. The first-order valence-corrected chi connectivity index (χ1v) is 7.28. The van der Waals surface area contributed by atoms with E-state index in [1.807, 2.05) is 6.92 Å². The van der Waals surface area contributed by atoms with Crippen molar-refractivity contribution in [3.8, 4) is 0 Å². The molecule has 1 aromatic rings. The summed E-state index contributed by atoms with van der Waals surface area (Å²) in [4.78, 5) is 0. The summed E-state index contributed by atoms with van der Waals surface area (Å²) < 4.78 is 18.8. The number of nitrogens with one attached hydrogen (secondary N) is 1. The number of ether oxygens (including phenoxy) is 1. The van der Waals surface area contributed by atoms with Crippen LogP contribution in [0.25, 0.3) is 0 Å². The highest BCUT2D eigenvalue weighted by atomic mass is 35.5. The second-order valence-electron chi connectivity index (χ2n) is 4.40. The first-order chi connectivity index (χ1) is 9.07. The third kappa shape index (κ3) is 5.27. The van der Waals surface area contributed by atoms with Crippen molar-refractivity contribution in [3.05, 3.63) is 33.6 Å². The third-order valence-corrected chi connectivity index (χ3v) is 3.57. The molecule has 0 saturated carbocycles. The minimum Gasteiger partial charge on any atom is -0.380 e. The molecule has 0 radical (unpaired) electrons. The van der Waals surface area contributed by atoms with Gasteiger partial charge in [-0.15, -0.1) is 0 Å². The van der Waals surface area contributed by atoms with Gasteiger partial charge in [-0.05, 0) is 25.5 Å². The van der Waals surface area contributed by atoms with Gasteiger partial charge in [0.2, 0.25) is 0 Å². The minimum absolute atomic E-state index is 0.0828. The fourth-order valence-electron chi connectivity index (χ4n) is 1.74. The first kappa shape index (κ1) is 16.7. The molecular weight excluding hydrogens is 288 g/mol. The molecule has 0 heterocycles. The average molecular weight is 308 g/mol. The molecule has 19 heavy (non-hydrogen) atoms. The quantitative estimate of drug-likeness (QED) is 0.560. The monoisotopic (exact) mass is 307 g/mol. The van der Waals surface area contributed by atoms with Crippen LogP contribution >= 0.6 is 23.2 Å². The van der Waals surface area contributed by atoms with E-state index in [2.05, 4.69) is 12.2 Å². The van der Waals surface area contributed by atoms with E-state index < -0.39 is 5.82 Å². The highest BCUT2D eigenvalue weighted by molar-refractivity contribution is 6.36. The lowest BCUT2D eigenvalue weighted by molar-refractivity contribution is 0.131. The van der Waals surface area contributed by atoms with Crippen LogP contribution in [0.3, 0.4) is 0 Å². The fourth-order valence-corrected chi connectivity index (χ4v) is 2.44. The van der Waals surface area contributed by atoms with Gasteiger partial charge in [0.15, 0.2) is 0 Å². The molecule has 1 unspecified atom stereocenters. The molecule has 0 aliphatic carbocycles. The molecule has 2 nitrogen and oxygen atoms in total. The van der Waals surface area contributed by atoms with E-state index in [0.717, 1.165) is 19.4 Å². The summed E-state index contributed by atoms with van der Waals surface area (Å²) in [5.74, 6) is -0.450. The van der Waals surface area contributed by atoms with Crippen LogP contribution in [-0.2, 0) is 4.74 Å². The van der Waals surface area contributed by atoms with Crippen LogP contribution in [-0.4, -0.2) is 19.8 Å². The summed E-state index contributed by atoms with van der Waals surface area (Å²) in [6.07, 6.45) is 2.19. The Labute approximate surface area is 124 Å². The van der Waals surface area contributed by atoms with Crippen molar-refractivity contribution in [1.29, 1.82) is 0 Å². The normalized spacial score (nSPS) is 12.7. The van der Waals surface area contributed by atoms with Crippen LogP contribution in [0.1, 0.15) is 38.3 Å². The Morgan fingerprint density at radius 3 is 2.74 bits per heavy atom. The molecule has 1 aromatic carbocycles. The zero-order chi connectivity index (χ0) is 14.3. The predicted octanol–water partition coefficient (Wildman–Crippen LogP) is 4.60. The molecule has 0 aromatic heterocycles. The summed E-state index contributed by atoms with van der Waals surface area (Å²) in [6, 6.07) is 2.67. The van der Waals surface area contributed by atoms with E-state index in [4.69, 9.17) is 27.9 Å². The molecule has 1 atom stereocenters. The molecule has 1 N–H and O–H groups in total. The molecule has 108 valence electrons. The van der Waals surface area contributed by atoms with Gasteiger partial charge in [0.05, 0.1) is 11.6 Å². The van der Waals surface area contributed by atoms with E-state index in [1.54, 1.807) is 0 Å². The van der Waals surface area contributed by atoms with Crippen LogP contribution in [0.15, 0.2) is 12.1 Å². The summed E-state index contributed by atoms with van der Waals surface area (Å²) in [7, 11) is 0. The zero-order valence-corrected chi connectivity index (χ0v) is 12.8. The molecule has 0 fully saturated rings. The van der Waals surface area contributed by atoms with Crippen molar-refractivity contribution < 1.29 is 9.13 Å². The Morgan fingerprint density at radius 2 is 2.05 bits per heavy atom. The van der Waals surface area contributed by atoms with Gasteiger partial charge in [-0.3, -0.25) is 0 Å². The molecule has 0 aliphatic heterocycles. The van der Waals surface area contributed by atoms with E-state index in [9.17, 15) is 4.39 Å². The Bertz CT molecular complexity index is 401. The van der Waals surface area contributed by atoms with Gasteiger partial charge < -0.3 is 10.1 Å². The molecule has 5 heteroatoms. The van der Waals surface area contributed by atoms with Crippen LogP contribution in [0, 0.1) is 5.82 Å². The Balaban J connectivity index is 2.45. The van der Waals surface area contributed by atoms with Crippen LogP contribution < -0.4 is 5.32 Å². The molecular formula is C14H20Cl2FNO. The summed E-state index contributed by atoms with van der Waals surface area (Å²) in [6.45, 7) is 6.09. The van der Waals surface area contributed by atoms with Gasteiger partial charge in [0, 0.05) is 29.8 Å². The van der Waals surface area contributed by atoms with Crippen molar-refractivity contribution in [3.63, 3.8) is 0 Å². The highest BCUT2D eigenvalue weighted by Crippen LogP contribution is 2.32. The van der Waals surface area contributed by atoms with E-state index in [0.29, 0.717) is 23.7 Å². The molecule has 0 aliphatic rings. The highest BCUT2D eigenvalue weighted by Gasteiger charge is 2.16. The fraction of sp³-hybridized carbons (Fsp3) is 0.571. The van der Waals surface area contributed by atoms with E-state index >= 15 is 0 Å².